The number of carbonyl (C=O) groups is 1. The fourth-order valence-corrected chi connectivity index (χ4v) is 2.43. The lowest BCUT2D eigenvalue weighted by Crippen LogP contribution is -2.31. The minimum atomic E-state index is -3.56. The van der Waals surface area contributed by atoms with Gasteiger partial charge in [0.25, 0.3) is 5.91 Å². The van der Waals surface area contributed by atoms with Gasteiger partial charge in [0.05, 0.1) is 11.8 Å². The highest BCUT2D eigenvalue weighted by Gasteiger charge is 2.21. The molecule has 1 saturated heterocycles. The van der Waals surface area contributed by atoms with Gasteiger partial charge in [-0.05, 0) is 25.0 Å². The Morgan fingerprint density at radius 2 is 1.56 bits per heavy atom. The van der Waals surface area contributed by atoms with Crippen LogP contribution in [0.5, 0.6) is 0 Å². The summed E-state index contributed by atoms with van der Waals surface area (Å²) in [5.41, 5.74) is 0.296. The van der Waals surface area contributed by atoms with Crippen molar-refractivity contribution in [1.82, 2.24) is 9.71 Å². The number of sulfonamides is 1. The summed E-state index contributed by atoms with van der Waals surface area (Å²) < 4.78 is 24.1. The molecule has 25 heavy (non-hydrogen) atoms. The smallest absolute Gasteiger partial charge is 0.268 e. The number of hydrogen-bond acceptors (Lipinski definition) is 5. The molecule has 0 aromatic carbocycles. The van der Waals surface area contributed by atoms with E-state index in [2.05, 4.69) is 4.98 Å². The summed E-state index contributed by atoms with van der Waals surface area (Å²) >= 11 is 0. The van der Waals surface area contributed by atoms with Gasteiger partial charge in [-0.1, -0.05) is 41.5 Å². The van der Waals surface area contributed by atoms with Gasteiger partial charge < -0.3 is 4.90 Å². The van der Waals surface area contributed by atoms with Crippen molar-refractivity contribution in [2.45, 2.75) is 54.4 Å². The molecular formula is C17H33BN3O3S. The molecule has 1 N–H and O–H groups in total. The zero-order valence-corrected chi connectivity index (χ0v) is 17.5. The van der Waals surface area contributed by atoms with Crippen LogP contribution in [0.1, 0.15) is 64.7 Å². The Balaban J connectivity index is -0.000000626. The number of amides is 1. The first kappa shape index (κ1) is 28.2. The molecule has 2 heterocycles. The third kappa shape index (κ3) is 10.8. The van der Waals surface area contributed by atoms with Crippen LogP contribution in [-0.2, 0) is 10.0 Å². The van der Waals surface area contributed by atoms with E-state index in [4.69, 9.17) is 0 Å². The van der Waals surface area contributed by atoms with Crippen LogP contribution in [0, 0.1) is 0 Å². The number of pyridine rings is 1. The highest BCUT2D eigenvalue weighted by molar-refractivity contribution is 7.89. The Bertz CT molecular complexity index is 560. The van der Waals surface area contributed by atoms with Crippen molar-refractivity contribution in [3.63, 3.8) is 0 Å². The van der Waals surface area contributed by atoms with E-state index in [0.29, 0.717) is 11.4 Å². The minimum Gasteiger partial charge on any atom is -0.356 e. The van der Waals surface area contributed by atoms with E-state index in [1.807, 2.05) is 51.2 Å². The second-order valence-electron chi connectivity index (χ2n) is 4.27. The summed E-state index contributed by atoms with van der Waals surface area (Å²) in [5.74, 6) is -0.0800. The van der Waals surface area contributed by atoms with Crippen molar-refractivity contribution in [3.8, 4) is 0 Å². The summed E-state index contributed by atoms with van der Waals surface area (Å²) in [7, 11) is -3.56. The summed E-state index contributed by atoms with van der Waals surface area (Å²) in [6, 6.07) is 3.21. The quantitative estimate of drug-likeness (QED) is 0.828. The number of nitrogens with zero attached hydrogens (tertiary/aromatic N) is 2. The summed E-state index contributed by atoms with van der Waals surface area (Å²) in [6.07, 6.45) is 4.68. The molecule has 2 rings (SSSR count). The van der Waals surface area contributed by atoms with Crippen molar-refractivity contribution in [3.05, 3.63) is 23.9 Å². The van der Waals surface area contributed by atoms with Gasteiger partial charge in [0.1, 0.15) is 5.82 Å². The predicted molar refractivity (Wildman–Crippen MR) is 108 cm³/mol. The molecule has 1 amide bonds. The minimum absolute atomic E-state index is 0. The second kappa shape index (κ2) is 15.9. The molecule has 1 fully saturated rings. The molecule has 1 aliphatic heterocycles. The maximum Gasteiger partial charge on any atom is 0.268 e. The molecule has 3 radical (unpaired) electrons. The molecular weight excluding hydrogens is 337 g/mol. The molecule has 1 aliphatic rings. The molecule has 0 spiro atoms. The van der Waals surface area contributed by atoms with Crippen LogP contribution in [-0.4, -0.2) is 47.1 Å². The van der Waals surface area contributed by atoms with Crippen molar-refractivity contribution >= 4 is 30.2 Å². The maximum absolute atomic E-state index is 11.9. The Morgan fingerprint density at radius 3 is 2.00 bits per heavy atom. The number of nitrogens with one attached hydrogen (secondary N) is 1. The molecule has 0 bridgehead atoms. The van der Waals surface area contributed by atoms with E-state index in [0.717, 1.165) is 32.2 Å². The average Bonchev–Trinajstić information content (AvgIpc) is 3.13. The Morgan fingerprint density at radius 1 is 1.08 bits per heavy atom. The van der Waals surface area contributed by atoms with Crippen LogP contribution in [0.25, 0.3) is 0 Å². The zero-order valence-electron chi connectivity index (χ0n) is 16.7. The molecule has 8 heteroatoms. The van der Waals surface area contributed by atoms with Crippen LogP contribution in [0.2, 0.25) is 0 Å². The summed E-state index contributed by atoms with van der Waals surface area (Å²) in [6.45, 7) is 13.7. The molecule has 143 valence electrons. The lowest BCUT2D eigenvalue weighted by Gasteiger charge is -2.19. The van der Waals surface area contributed by atoms with Gasteiger partial charge in [-0.3, -0.25) is 4.79 Å². The molecule has 0 saturated carbocycles. The second-order valence-corrected chi connectivity index (χ2v) is 6.02. The fourth-order valence-electron chi connectivity index (χ4n) is 1.98. The highest BCUT2D eigenvalue weighted by Crippen LogP contribution is 2.21. The monoisotopic (exact) mass is 370 g/mol. The van der Waals surface area contributed by atoms with Gasteiger partial charge in [0.2, 0.25) is 10.0 Å². The summed E-state index contributed by atoms with van der Waals surface area (Å²) in [5, 5.41) is 0. The van der Waals surface area contributed by atoms with Gasteiger partial charge in [0, 0.05) is 27.7 Å². The number of hydrogen-bond donors (Lipinski definition) is 1. The predicted octanol–water partition coefficient (Wildman–Crippen LogP) is 3.07. The number of carbonyl (C=O) groups excluding carboxylic acids is 1. The van der Waals surface area contributed by atoms with Crippen molar-refractivity contribution in [2.24, 2.45) is 0 Å². The highest BCUT2D eigenvalue weighted by atomic mass is 32.2. The first-order chi connectivity index (χ1) is 11.5. The largest absolute Gasteiger partial charge is 0.356 e. The van der Waals surface area contributed by atoms with E-state index in [1.165, 1.54) is 0 Å². The van der Waals surface area contributed by atoms with Crippen LogP contribution in [0.4, 0.5) is 5.82 Å². The SMILES string of the molecule is CC.CC.CC.CS(=O)(=O)NC(=O)c1cccnc1N1CCCC1.[B]. The molecule has 1 aromatic rings. The van der Waals surface area contributed by atoms with E-state index in [9.17, 15) is 13.2 Å². The average molecular weight is 370 g/mol. The Kier molecular flexibility index (Phi) is 18.0. The first-order valence-electron chi connectivity index (χ1n) is 8.69. The van der Waals surface area contributed by atoms with Gasteiger partial charge in [-0.15, -0.1) is 0 Å². The lowest BCUT2D eigenvalue weighted by molar-refractivity contribution is 0.0982. The first-order valence-corrected chi connectivity index (χ1v) is 10.6. The van der Waals surface area contributed by atoms with Crippen LogP contribution < -0.4 is 9.62 Å². The molecule has 6 nitrogen and oxygen atoms in total. The standard InChI is InChI=1S/C11H15N3O3S.3C2H6.B/c1-18(16,17)13-11(15)9-5-4-6-12-10(9)14-7-2-3-8-14;3*1-2;/h4-6H,2-3,7-8H2,1H3,(H,13,15);3*1-2H3;. The third-order valence-electron chi connectivity index (χ3n) is 2.71. The van der Waals surface area contributed by atoms with Crippen LogP contribution in [0.3, 0.4) is 0 Å². The number of aromatic nitrogens is 1. The van der Waals surface area contributed by atoms with Crippen molar-refractivity contribution in [1.29, 1.82) is 0 Å². The Labute approximate surface area is 156 Å². The third-order valence-corrected chi connectivity index (χ3v) is 3.27. The van der Waals surface area contributed by atoms with Gasteiger partial charge in [-0.25, -0.2) is 18.1 Å². The molecule has 0 aliphatic carbocycles. The van der Waals surface area contributed by atoms with Crippen molar-refractivity contribution < 1.29 is 13.2 Å². The van der Waals surface area contributed by atoms with Gasteiger partial charge in [0.15, 0.2) is 0 Å². The lowest BCUT2D eigenvalue weighted by atomic mass is 10.2. The normalized spacial score (nSPS) is 12.0. The Hall–Kier alpha value is -1.57. The van der Waals surface area contributed by atoms with E-state index < -0.39 is 15.9 Å². The molecule has 1 aromatic heterocycles. The van der Waals surface area contributed by atoms with Crippen molar-refractivity contribution in [2.75, 3.05) is 24.2 Å². The van der Waals surface area contributed by atoms with Crippen LogP contribution >= 0.6 is 0 Å². The number of anilines is 1. The molecule has 0 atom stereocenters. The summed E-state index contributed by atoms with van der Waals surface area (Å²) in [4.78, 5) is 18.1. The van der Waals surface area contributed by atoms with E-state index in [1.54, 1.807) is 18.3 Å². The number of rotatable bonds is 3. The topological polar surface area (TPSA) is 79.4 Å². The zero-order chi connectivity index (χ0) is 19.2. The fraction of sp³-hybridized carbons (Fsp3) is 0.647. The van der Waals surface area contributed by atoms with Crippen LogP contribution in [0.15, 0.2) is 18.3 Å². The maximum atomic E-state index is 11.9. The van der Waals surface area contributed by atoms with E-state index >= 15 is 0 Å². The molecule has 0 unspecified atom stereocenters. The van der Waals surface area contributed by atoms with Gasteiger partial charge >= 0.3 is 0 Å². The van der Waals surface area contributed by atoms with Gasteiger partial charge in [-0.2, -0.15) is 0 Å². The van der Waals surface area contributed by atoms with E-state index in [-0.39, 0.29) is 8.41 Å².